The zero-order valence-corrected chi connectivity index (χ0v) is 19.6. The Morgan fingerprint density at radius 3 is 1.92 bits per heavy atom. The van der Waals surface area contributed by atoms with Gasteiger partial charge >= 0.3 is 0 Å². The standard InChI is InChI=1S/C24H31N3O10/c28-10-15-17(30)18(31)21(34)24(36-15)37-22-16(11-29)35-23(20(33)19(22)32)25-12-6-8-14(9-7-12)27-26-13-4-2-1-3-5-13/h1-9,15-25,28-34H,10-11H2. The summed E-state index contributed by atoms with van der Waals surface area (Å²) in [5.41, 5.74) is 1.81. The maximum atomic E-state index is 10.7. The van der Waals surface area contributed by atoms with Crippen LogP contribution in [0.25, 0.3) is 0 Å². The number of nitrogens with one attached hydrogen (secondary N) is 1. The normalized spacial score (nSPS) is 36.5. The summed E-state index contributed by atoms with van der Waals surface area (Å²) >= 11 is 0. The molecule has 13 heteroatoms. The van der Waals surface area contributed by atoms with E-state index in [2.05, 4.69) is 15.5 Å². The Bertz CT molecular complexity index is 1010. The smallest absolute Gasteiger partial charge is 0.187 e. The van der Waals surface area contributed by atoms with E-state index in [-0.39, 0.29) is 0 Å². The Morgan fingerprint density at radius 1 is 0.676 bits per heavy atom. The van der Waals surface area contributed by atoms with Crippen molar-refractivity contribution in [2.45, 2.75) is 61.3 Å². The minimum atomic E-state index is -1.73. The molecule has 2 fully saturated rings. The largest absolute Gasteiger partial charge is 0.394 e. The van der Waals surface area contributed by atoms with E-state index < -0.39 is 74.6 Å². The van der Waals surface area contributed by atoms with E-state index in [1.807, 2.05) is 30.3 Å². The van der Waals surface area contributed by atoms with Gasteiger partial charge in [0.05, 0.1) is 24.6 Å². The molecule has 0 bridgehead atoms. The van der Waals surface area contributed by atoms with Crippen molar-refractivity contribution in [3.63, 3.8) is 0 Å². The Labute approximate surface area is 212 Å². The number of aliphatic hydroxyl groups is 7. The molecule has 0 amide bonds. The summed E-state index contributed by atoms with van der Waals surface area (Å²) in [6, 6.07) is 15.9. The van der Waals surface area contributed by atoms with Crippen molar-refractivity contribution in [1.29, 1.82) is 0 Å². The van der Waals surface area contributed by atoms with Crippen LogP contribution in [0, 0.1) is 0 Å². The maximum Gasteiger partial charge on any atom is 0.187 e. The molecule has 37 heavy (non-hydrogen) atoms. The van der Waals surface area contributed by atoms with Gasteiger partial charge in [0.2, 0.25) is 0 Å². The summed E-state index contributed by atoms with van der Waals surface area (Å²) in [7, 11) is 0. The van der Waals surface area contributed by atoms with Gasteiger partial charge in [-0.3, -0.25) is 0 Å². The molecule has 13 nitrogen and oxygen atoms in total. The minimum absolute atomic E-state index is 0.528. The number of aliphatic hydroxyl groups excluding tert-OH is 7. The van der Waals surface area contributed by atoms with E-state index in [1.54, 1.807) is 24.3 Å². The molecule has 8 N–H and O–H groups in total. The Hall–Kier alpha value is -2.56. The molecule has 2 aliphatic heterocycles. The predicted octanol–water partition coefficient (Wildman–Crippen LogP) is -0.862. The van der Waals surface area contributed by atoms with Crippen molar-refractivity contribution < 1.29 is 50.0 Å². The van der Waals surface area contributed by atoms with Crippen LogP contribution in [0.2, 0.25) is 0 Å². The molecule has 0 spiro atoms. The molecule has 2 aliphatic rings. The first-order valence-electron chi connectivity index (χ1n) is 11.7. The van der Waals surface area contributed by atoms with Crippen LogP contribution in [-0.2, 0) is 14.2 Å². The van der Waals surface area contributed by atoms with Crippen molar-refractivity contribution in [2.75, 3.05) is 18.5 Å². The van der Waals surface area contributed by atoms with Gasteiger partial charge in [-0.1, -0.05) is 18.2 Å². The predicted molar refractivity (Wildman–Crippen MR) is 127 cm³/mol. The first-order valence-corrected chi connectivity index (χ1v) is 11.7. The highest BCUT2D eigenvalue weighted by molar-refractivity contribution is 5.51. The number of rotatable bonds is 8. The van der Waals surface area contributed by atoms with Crippen molar-refractivity contribution in [1.82, 2.24) is 0 Å². The van der Waals surface area contributed by atoms with Crippen LogP contribution in [0.1, 0.15) is 0 Å². The number of hydrogen-bond donors (Lipinski definition) is 8. The monoisotopic (exact) mass is 521 g/mol. The summed E-state index contributed by atoms with van der Waals surface area (Å²) in [4.78, 5) is 0. The lowest BCUT2D eigenvalue weighted by atomic mass is 9.96. The van der Waals surface area contributed by atoms with E-state index >= 15 is 0 Å². The van der Waals surface area contributed by atoms with Crippen LogP contribution < -0.4 is 5.32 Å². The van der Waals surface area contributed by atoms with Crippen LogP contribution in [0.15, 0.2) is 64.8 Å². The average molecular weight is 522 g/mol. The molecule has 0 radical (unpaired) electrons. The fraction of sp³-hybridized carbons (Fsp3) is 0.500. The molecule has 2 saturated heterocycles. The number of azo groups is 1. The Balaban J connectivity index is 1.39. The third-order valence-corrected chi connectivity index (χ3v) is 6.22. The fourth-order valence-electron chi connectivity index (χ4n) is 4.11. The van der Waals surface area contributed by atoms with Gasteiger partial charge in [-0.2, -0.15) is 10.2 Å². The van der Waals surface area contributed by atoms with E-state index in [9.17, 15) is 35.7 Å². The van der Waals surface area contributed by atoms with Gasteiger partial charge < -0.3 is 55.3 Å². The van der Waals surface area contributed by atoms with Gasteiger partial charge in [0, 0.05) is 5.69 Å². The first-order chi connectivity index (χ1) is 17.8. The highest BCUT2D eigenvalue weighted by Gasteiger charge is 2.50. The van der Waals surface area contributed by atoms with E-state index in [4.69, 9.17) is 14.2 Å². The van der Waals surface area contributed by atoms with E-state index in [1.165, 1.54) is 0 Å². The number of ether oxygens (including phenoxy) is 3. The SMILES string of the molecule is OCC1OC(OC2C(CO)OC(Nc3ccc(N=Nc4ccccc4)cc3)C(O)C2O)C(O)C(O)C1O. The number of nitrogens with zero attached hydrogens (tertiary/aromatic N) is 2. The Kier molecular flexibility index (Phi) is 9.15. The van der Waals surface area contributed by atoms with Crippen LogP contribution in [-0.4, -0.2) is 110 Å². The second kappa shape index (κ2) is 12.3. The molecular weight excluding hydrogens is 490 g/mol. The molecule has 202 valence electrons. The lowest BCUT2D eigenvalue weighted by Gasteiger charge is -2.46. The lowest BCUT2D eigenvalue weighted by Crippen LogP contribution is -2.65. The van der Waals surface area contributed by atoms with Crippen LogP contribution >= 0.6 is 0 Å². The van der Waals surface area contributed by atoms with E-state index in [0.29, 0.717) is 17.1 Å². The van der Waals surface area contributed by atoms with Gasteiger partial charge in [0.1, 0.15) is 48.8 Å². The molecule has 4 rings (SSSR count). The molecule has 0 saturated carbocycles. The molecule has 10 unspecified atom stereocenters. The van der Waals surface area contributed by atoms with Crippen molar-refractivity contribution in [2.24, 2.45) is 10.2 Å². The highest BCUT2D eigenvalue weighted by Crippen LogP contribution is 2.30. The first kappa shape index (κ1) is 27.5. The summed E-state index contributed by atoms with van der Waals surface area (Å²) in [6.07, 6.45) is -14.6. The quantitative estimate of drug-likeness (QED) is 0.201. The van der Waals surface area contributed by atoms with Gasteiger partial charge in [-0.25, -0.2) is 0 Å². The molecule has 0 aliphatic carbocycles. The molecular formula is C24H31N3O10. The molecule has 2 aromatic carbocycles. The second-order valence-electron chi connectivity index (χ2n) is 8.78. The zero-order valence-electron chi connectivity index (χ0n) is 19.6. The summed E-state index contributed by atoms with van der Waals surface area (Å²) < 4.78 is 16.6. The van der Waals surface area contributed by atoms with E-state index in [0.717, 1.165) is 0 Å². The van der Waals surface area contributed by atoms with Crippen LogP contribution in [0.4, 0.5) is 17.1 Å². The van der Waals surface area contributed by atoms with Crippen LogP contribution in [0.5, 0.6) is 0 Å². The third kappa shape index (κ3) is 6.30. The minimum Gasteiger partial charge on any atom is -0.394 e. The lowest BCUT2D eigenvalue weighted by molar-refractivity contribution is -0.340. The Morgan fingerprint density at radius 2 is 1.30 bits per heavy atom. The van der Waals surface area contributed by atoms with Crippen LogP contribution in [0.3, 0.4) is 0 Å². The van der Waals surface area contributed by atoms with Gasteiger partial charge in [-0.05, 0) is 36.4 Å². The zero-order chi connectivity index (χ0) is 26.5. The highest BCUT2D eigenvalue weighted by atomic mass is 16.7. The molecule has 0 aromatic heterocycles. The average Bonchev–Trinajstić information content (AvgIpc) is 2.92. The van der Waals surface area contributed by atoms with Crippen molar-refractivity contribution >= 4 is 17.1 Å². The second-order valence-corrected chi connectivity index (χ2v) is 8.78. The maximum absolute atomic E-state index is 10.7. The van der Waals surface area contributed by atoms with Gasteiger partial charge in [-0.15, -0.1) is 0 Å². The summed E-state index contributed by atoms with van der Waals surface area (Å²) in [5.74, 6) is 0. The topological polar surface area (TPSA) is 206 Å². The fourth-order valence-corrected chi connectivity index (χ4v) is 4.11. The number of benzene rings is 2. The summed E-state index contributed by atoms with van der Waals surface area (Å²) in [6.45, 7) is -1.29. The number of anilines is 1. The third-order valence-electron chi connectivity index (χ3n) is 6.22. The van der Waals surface area contributed by atoms with Crippen molar-refractivity contribution in [3.8, 4) is 0 Å². The van der Waals surface area contributed by atoms with Crippen molar-refractivity contribution in [3.05, 3.63) is 54.6 Å². The van der Waals surface area contributed by atoms with Gasteiger partial charge in [0.25, 0.3) is 0 Å². The summed E-state index contributed by atoms with van der Waals surface area (Å²) in [5, 5.41) is 81.9. The molecule has 2 aromatic rings. The number of hydrogen-bond acceptors (Lipinski definition) is 13. The molecule has 10 atom stereocenters. The molecule has 2 heterocycles. The van der Waals surface area contributed by atoms with Gasteiger partial charge in [0.15, 0.2) is 12.5 Å².